The van der Waals surface area contributed by atoms with Crippen molar-refractivity contribution in [1.82, 2.24) is 24.5 Å². The molecule has 17 heteroatoms. The van der Waals surface area contributed by atoms with Crippen molar-refractivity contribution in [3.63, 3.8) is 0 Å². The molecule has 1 aliphatic heterocycles. The molecule has 1 saturated heterocycles. The first kappa shape index (κ1) is 30.4. The molecule has 43 heavy (non-hydrogen) atoms. The number of aromatic nitrogens is 5. The quantitative estimate of drug-likeness (QED) is 0.169. The number of aliphatic hydroxyl groups is 3. The summed E-state index contributed by atoms with van der Waals surface area (Å²) in [7, 11) is 0. The third kappa shape index (κ3) is 5.45. The molecular formula is C26H19ClF6N6O4. The lowest BCUT2D eigenvalue weighted by Gasteiger charge is -2.41. The van der Waals surface area contributed by atoms with Crippen LogP contribution in [0.2, 0.25) is 5.02 Å². The predicted molar refractivity (Wildman–Crippen MR) is 136 cm³/mol. The molecule has 5 rings (SSSR count). The largest absolute Gasteiger partial charge is 0.418 e. The molecule has 0 amide bonds. The minimum absolute atomic E-state index is 0.0286. The zero-order valence-electron chi connectivity index (χ0n) is 21.6. The number of aryl methyl sites for hydroxylation is 1. The van der Waals surface area contributed by atoms with Crippen LogP contribution in [0, 0.1) is 30.9 Å². The van der Waals surface area contributed by atoms with E-state index in [9.17, 15) is 41.7 Å². The monoisotopic (exact) mass is 628 g/mol. The second-order valence-electron chi connectivity index (χ2n) is 9.55. The number of alkyl halides is 3. The van der Waals surface area contributed by atoms with Crippen molar-refractivity contribution >= 4 is 17.4 Å². The Morgan fingerprint density at radius 3 is 2.35 bits per heavy atom. The van der Waals surface area contributed by atoms with Crippen molar-refractivity contribution in [3.05, 3.63) is 87.6 Å². The van der Waals surface area contributed by atoms with E-state index in [-0.39, 0.29) is 27.8 Å². The van der Waals surface area contributed by atoms with Gasteiger partial charge in [0.1, 0.15) is 36.3 Å². The topological polar surface area (TPSA) is 123 Å². The highest BCUT2D eigenvalue weighted by Gasteiger charge is 2.49. The summed E-state index contributed by atoms with van der Waals surface area (Å²) in [4.78, 5) is 7.34. The molecule has 0 spiro atoms. The average Bonchev–Trinajstić information content (AvgIpc) is 3.54. The predicted octanol–water partition coefficient (Wildman–Crippen LogP) is 4.47. The van der Waals surface area contributed by atoms with Gasteiger partial charge in [0.15, 0.2) is 23.3 Å². The van der Waals surface area contributed by atoms with E-state index >= 15 is 0 Å². The lowest BCUT2D eigenvalue weighted by molar-refractivity contribution is -0.210. The SMILES string of the molecule is [C-]#[N+]c1nn(C2[C@@H](O)C(CO)O[C@@H](c3nc(C)nn3-c3cc(Cl)ccc3C(F)(F)F)[C@H]2O)cc1-c1cc(F)c(F)c(F)c1. The molecule has 10 nitrogen and oxygen atoms in total. The molecule has 2 aromatic carbocycles. The summed E-state index contributed by atoms with van der Waals surface area (Å²) in [6.45, 7) is 7.98. The number of benzene rings is 2. The zero-order valence-corrected chi connectivity index (χ0v) is 22.4. The maximum Gasteiger partial charge on any atom is 0.418 e. The summed E-state index contributed by atoms with van der Waals surface area (Å²) >= 11 is 5.99. The molecule has 4 aromatic rings. The van der Waals surface area contributed by atoms with Crippen LogP contribution in [0.25, 0.3) is 21.7 Å². The highest BCUT2D eigenvalue weighted by Crippen LogP contribution is 2.42. The van der Waals surface area contributed by atoms with Gasteiger partial charge in [-0.25, -0.2) is 22.8 Å². The van der Waals surface area contributed by atoms with Crippen LogP contribution in [-0.4, -0.2) is 64.8 Å². The summed E-state index contributed by atoms with van der Waals surface area (Å²) in [5, 5.41) is 40.4. The Kier molecular flexibility index (Phi) is 7.96. The zero-order chi connectivity index (χ0) is 31.4. The Balaban J connectivity index is 1.63. The number of ether oxygens (including phenoxy) is 1. The minimum Gasteiger partial charge on any atom is -0.394 e. The van der Waals surface area contributed by atoms with Crippen LogP contribution in [-0.2, 0) is 10.9 Å². The number of hydrogen-bond donors (Lipinski definition) is 3. The fourth-order valence-corrected chi connectivity index (χ4v) is 5.04. The third-order valence-corrected chi connectivity index (χ3v) is 7.03. The van der Waals surface area contributed by atoms with E-state index in [1.807, 2.05) is 0 Å². The molecule has 0 saturated carbocycles. The summed E-state index contributed by atoms with van der Waals surface area (Å²) in [5.41, 5.74) is -2.16. The average molecular weight is 629 g/mol. The Hall–Kier alpha value is -4.01. The number of aliphatic hydroxyl groups excluding tert-OH is 3. The Morgan fingerprint density at radius 2 is 1.74 bits per heavy atom. The standard InChI is InChI=1S/C26H19ClF6N6O4/c1-10-35-25(39(36-10)17-7-12(27)3-4-14(17)26(31,32)33)23-22(42)20(21(41)18(9-40)43-23)38-8-13(24(34-2)37-38)11-5-15(28)19(30)16(29)6-11/h3-8,18,20-23,40-42H,9H2,1H3/t18?,20?,21-,22-,23+/m0/s1. The Bertz CT molecular complexity index is 1710. The first-order valence-corrected chi connectivity index (χ1v) is 12.7. The van der Waals surface area contributed by atoms with Crippen LogP contribution >= 0.6 is 11.6 Å². The van der Waals surface area contributed by atoms with Gasteiger partial charge < -0.3 is 24.9 Å². The van der Waals surface area contributed by atoms with Gasteiger partial charge in [-0.05, 0) is 47.9 Å². The lowest BCUT2D eigenvalue weighted by atomic mass is 9.92. The smallest absolute Gasteiger partial charge is 0.394 e. The van der Waals surface area contributed by atoms with Crippen LogP contribution in [0.4, 0.5) is 32.2 Å². The minimum atomic E-state index is -4.85. The maximum atomic E-state index is 14.0. The number of nitrogens with zero attached hydrogens (tertiary/aromatic N) is 6. The van der Waals surface area contributed by atoms with Gasteiger partial charge in [-0.2, -0.15) is 23.0 Å². The van der Waals surface area contributed by atoms with Crippen molar-refractivity contribution in [3.8, 4) is 16.8 Å². The normalized spacial score (nSPS) is 22.5. The van der Waals surface area contributed by atoms with Gasteiger partial charge in [0.2, 0.25) is 0 Å². The van der Waals surface area contributed by atoms with E-state index < -0.39 is 77.8 Å². The molecule has 226 valence electrons. The van der Waals surface area contributed by atoms with Crippen LogP contribution in [0.1, 0.15) is 29.4 Å². The van der Waals surface area contributed by atoms with Gasteiger partial charge in [-0.1, -0.05) is 18.2 Å². The van der Waals surface area contributed by atoms with Crippen molar-refractivity contribution < 1.29 is 46.4 Å². The summed E-state index contributed by atoms with van der Waals surface area (Å²) < 4.78 is 90.5. The van der Waals surface area contributed by atoms with Crippen LogP contribution in [0.15, 0.2) is 36.5 Å². The van der Waals surface area contributed by atoms with E-state index in [4.69, 9.17) is 22.9 Å². The highest BCUT2D eigenvalue weighted by molar-refractivity contribution is 6.30. The molecule has 0 bridgehead atoms. The molecular weight excluding hydrogens is 610 g/mol. The second kappa shape index (κ2) is 11.2. The van der Waals surface area contributed by atoms with Crippen molar-refractivity contribution in [1.29, 1.82) is 0 Å². The fourth-order valence-electron chi connectivity index (χ4n) is 4.87. The van der Waals surface area contributed by atoms with Gasteiger partial charge in [-0.15, -0.1) is 0 Å². The van der Waals surface area contributed by atoms with Gasteiger partial charge in [-0.3, -0.25) is 0 Å². The summed E-state index contributed by atoms with van der Waals surface area (Å²) in [5.74, 6) is -5.65. The fraction of sp³-hybridized carbons (Fsp3) is 0.308. The van der Waals surface area contributed by atoms with Gasteiger partial charge in [0.25, 0.3) is 0 Å². The van der Waals surface area contributed by atoms with Crippen LogP contribution < -0.4 is 0 Å². The maximum absolute atomic E-state index is 14.0. The molecule has 2 aromatic heterocycles. The molecule has 5 atom stereocenters. The van der Waals surface area contributed by atoms with Crippen molar-refractivity contribution in [2.45, 2.75) is 43.6 Å². The van der Waals surface area contributed by atoms with Crippen molar-refractivity contribution in [2.75, 3.05) is 6.61 Å². The third-order valence-electron chi connectivity index (χ3n) is 6.80. The van der Waals surface area contributed by atoms with Crippen LogP contribution in [0.3, 0.4) is 0 Å². The van der Waals surface area contributed by atoms with E-state index in [0.717, 1.165) is 33.8 Å². The number of hydrogen-bond acceptors (Lipinski definition) is 7. The Labute approximate surface area is 243 Å². The summed E-state index contributed by atoms with van der Waals surface area (Å²) in [6, 6.07) is 2.44. The second-order valence-corrected chi connectivity index (χ2v) is 9.99. The molecule has 0 radical (unpaired) electrons. The molecule has 3 N–H and O–H groups in total. The Morgan fingerprint density at radius 1 is 1.07 bits per heavy atom. The molecule has 0 aliphatic carbocycles. The van der Waals surface area contributed by atoms with Crippen molar-refractivity contribution in [2.24, 2.45) is 0 Å². The molecule has 1 aliphatic rings. The summed E-state index contributed by atoms with van der Waals surface area (Å²) in [6.07, 6.45) is -10.5. The lowest BCUT2D eigenvalue weighted by Crippen LogP contribution is -2.53. The number of halogens is 7. The van der Waals surface area contributed by atoms with E-state index in [1.165, 1.54) is 6.92 Å². The van der Waals surface area contributed by atoms with Crippen LogP contribution in [0.5, 0.6) is 0 Å². The first-order valence-electron chi connectivity index (χ1n) is 12.3. The molecule has 1 fully saturated rings. The first-order chi connectivity index (χ1) is 20.2. The van der Waals surface area contributed by atoms with Gasteiger partial charge >= 0.3 is 12.0 Å². The van der Waals surface area contributed by atoms with E-state index in [0.29, 0.717) is 12.1 Å². The van der Waals surface area contributed by atoms with E-state index in [1.54, 1.807) is 0 Å². The van der Waals surface area contributed by atoms with E-state index in [2.05, 4.69) is 20.0 Å². The molecule has 2 unspecified atom stereocenters. The molecule has 3 heterocycles. The highest BCUT2D eigenvalue weighted by atomic mass is 35.5. The number of rotatable bonds is 5. The van der Waals surface area contributed by atoms with Gasteiger partial charge in [0, 0.05) is 16.8 Å². The van der Waals surface area contributed by atoms with Gasteiger partial charge in [0.05, 0.1) is 17.9 Å².